The molecule has 2 nitrogen and oxygen atoms in total. The molecule has 2 atom stereocenters. The number of hydrogen-bond acceptors (Lipinski definition) is 1. The van der Waals surface area contributed by atoms with Crippen molar-refractivity contribution in [1.82, 2.24) is 5.32 Å². The fraction of sp³-hybridized carbons (Fsp3) is 0.188. The molecule has 102 valence electrons. The van der Waals surface area contributed by atoms with Crippen molar-refractivity contribution < 1.29 is 4.79 Å². The summed E-state index contributed by atoms with van der Waals surface area (Å²) in [7, 11) is 0. The summed E-state index contributed by atoms with van der Waals surface area (Å²) in [5, 5.41) is 4.22. The highest BCUT2D eigenvalue weighted by molar-refractivity contribution is 6.32. The lowest BCUT2D eigenvalue weighted by Crippen LogP contribution is -2.18. The summed E-state index contributed by atoms with van der Waals surface area (Å²) >= 11 is 12.5. The molecule has 3 rings (SSSR count). The molecule has 1 amide bonds. The highest BCUT2D eigenvalue weighted by Gasteiger charge is 2.38. The van der Waals surface area contributed by atoms with E-state index in [1.54, 1.807) is 0 Å². The van der Waals surface area contributed by atoms with Crippen LogP contribution in [0, 0.1) is 0 Å². The van der Waals surface area contributed by atoms with Gasteiger partial charge in [0.25, 0.3) is 0 Å². The van der Waals surface area contributed by atoms with Crippen molar-refractivity contribution in [2.75, 3.05) is 6.54 Å². The van der Waals surface area contributed by atoms with E-state index in [-0.39, 0.29) is 17.7 Å². The van der Waals surface area contributed by atoms with Crippen LogP contribution in [0.3, 0.4) is 0 Å². The maximum absolute atomic E-state index is 12.2. The fourth-order valence-corrected chi connectivity index (χ4v) is 3.30. The first kappa shape index (κ1) is 13.5. The Balaban J connectivity index is 2.06. The number of benzene rings is 2. The molecule has 0 spiro atoms. The lowest BCUT2D eigenvalue weighted by molar-refractivity contribution is -0.120. The number of nitrogens with one attached hydrogen (secondary N) is 1. The van der Waals surface area contributed by atoms with E-state index in [4.69, 9.17) is 23.2 Å². The smallest absolute Gasteiger partial charge is 0.228 e. The molecule has 1 N–H and O–H groups in total. The second-order valence-corrected chi connectivity index (χ2v) is 5.69. The Kier molecular flexibility index (Phi) is 3.68. The summed E-state index contributed by atoms with van der Waals surface area (Å²) in [6, 6.07) is 15.1. The minimum atomic E-state index is -0.288. The van der Waals surface area contributed by atoms with Crippen LogP contribution >= 0.6 is 23.2 Å². The van der Waals surface area contributed by atoms with E-state index in [9.17, 15) is 4.79 Å². The summed E-state index contributed by atoms with van der Waals surface area (Å²) in [5.41, 5.74) is 1.84. The Morgan fingerprint density at radius 3 is 2.05 bits per heavy atom. The average Bonchev–Trinajstić information content (AvgIpc) is 2.82. The third-order valence-corrected chi connectivity index (χ3v) is 4.41. The van der Waals surface area contributed by atoms with Crippen molar-refractivity contribution in [3.8, 4) is 0 Å². The quantitative estimate of drug-likeness (QED) is 0.893. The lowest BCUT2D eigenvalue weighted by atomic mass is 9.83. The van der Waals surface area contributed by atoms with Gasteiger partial charge in [0.1, 0.15) is 0 Å². The molecule has 1 aliphatic heterocycles. The summed E-state index contributed by atoms with van der Waals surface area (Å²) in [6.45, 7) is 0.582. The average molecular weight is 306 g/mol. The molecule has 1 aliphatic rings. The molecule has 0 bridgehead atoms. The van der Waals surface area contributed by atoms with Crippen LogP contribution in [0.2, 0.25) is 10.0 Å². The predicted octanol–water partition coefficient (Wildman–Crippen LogP) is 3.99. The van der Waals surface area contributed by atoms with Crippen LogP contribution < -0.4 is 5.32 Å². The van der Waals surface area contributed by atoms with Crippen LogP contribution in [-0.2, 0) is 4.79 Å². The maximum Gasteiger partial charge on any atom is 0.228 e. The molecule has 1 heterocycles. The van der Waals surface area contributed by atoms with Gasteiger partial charge in [-0.2, -0.15) is 0 Å². The van der Waals surface area contributed by atoms with Gasteiger partial charge in [-0.05, 0) is 23.3 Å². The maximum atomic E-state index is 12.2. The van der Waals surface area contributed by atoms with E-state index in [2.05, 4.69) is 5.32 Å². The van der Waals surface area contributed by atoms with Gasteiger partial charge in [0.05, 0.1) is 5.92 Å². The number of amides is 1. The minimum absolute atomic E-state index is 0.00280. The first-order valence-electron chi connectivity index (χ1n) is 6.45. The number of carbonyl (C=O) groups is 1. The zero-order valence-corrected chi connectivity index (χ0v) is 12.2. The van der Waals surface area contributed by atoms with Gasteiger partial charge in [-0.3, -0.25) is 4.79 Å². The Hall–Kier alpha value is -1.51. The van der Waals surface area contributed by atoms with Crippen molar-refractivity contribution in [3.63, 3.8) is 0 Å². The second-order valence-electron chi connectivity index (χ2n) is 4.87. The normalized spacial score (nSPS) is 21.8. The highest BCUT2D eigenvalue weighted by atomic mass is 35.5. The number of carbonyl (C=O) groups excluding carboxylic acids is 1. The number of hydrogen-bond donors (Lipinski definition) is 1. The molecule has 0 radical (unpaired) electrons. The molecular weight excluding hydrogens is 293 g/mol. The van der Waals surface area contributed by atoms with Gasteiger partial charge in [-0.25, -0.2) is 0 Å². The van der Waals surface area contributed by atoms with Crippen LogP contribution in [0.5, 0.6) is 0 Å². The van der Waals surface area contributed by atoms with Crippen LogP contribution in [0.25, 0.3) is 0 Å². The van der Waals surface area contributed by atoms with Crippen molar-refractivity contribution >= 4 is 29.1 Å². The van der Waals surface area contributed by atoms with Gasteiger partial charge in [-0.15, -0.1) is 0 Å². The predicted molar refractivity (Wildman–Crippen MR) is 81.4 cm³/mol. The lowest BCUT2D eigenvalue weighted by Gasteiger charge is -2.19. The Morgan fingerprint density at radius 2 is 1.45 bits per heavy atom. The Bertz CT molecular complexity index is 656. The van der Waals surface area contributed by atoms with Crippen molar-refractivity contribution in [2.45, 2.75) is 11.8 Å². The van der Waals surface area contributed by atoms with Gasteiger partial charge < -0.3 is 5.32 Å². The van der Waals surface area contributed by atoms with Crippen LogP contribution in [0.15, 0.2) is 48.5 Å². The molecule has 4 heteroatoms. The molecule has 0 saturated carbocycles. The molecule has 0 unspecified atom stereocenters. The van der Waals surface area contributed by atoms with Crippen LogP contribution in [-0.4, -0.2) is 12.5 Å². The third kappa shape index (κ3) is 2.30. The summed E-state index contributed by atoms with van der Waals surface area (Å²) in [5.74, 6) is -0.275. The first-order valence-corrected chi connectivity index (χ1v) is 7.20. The fourth-order valence-electron chi connectivity index (χ4n) is 2.77. The molecule has 1 fully saturated rings. The summed E-state index contributed by atoms with van der Waals surface area (Å²) in [6.07, 6.45) is 0. The van der Waals surface area contributed by atoms with Gasteiger partial charge in [0, 0.05) is 22.5 Å². The monoisotopic (exact) mass is 305 g/mol. The summed E-state index contributed by atoms with van der Waals surface area (Å²) in [4.78, 5) is 12.2. The first-order chi connectivity index (χ1) is 9.68. The zero-order chi connectivity index (χ0) is 14.1. The second kappa shape index (κ2) is 5.47. The molecule has 0 aromatic heterocycles. The third-order valence-electron chi connectivity index (χ3n) is 3.73. The Morgan fingerprint density at radius 1 is 0.900 bits per heavy atom. The molecular formula is C16H13Cl2NO. The van der Waals surface area contributed by atoms with E-state index in [0.717, 1.165) is 11.1 Å². The van der Waals surface area contributed by atoms with Gasteiger partial charge in [0.15, 0.2) is 0 Å². The summed E-state index contributed by atoms with van der Waals surface area (Å²) < 4.78 is 0. The van der Waals surface area contributed by atoms with E-state index in [1.165, 1.54) is 0 Å². The zero-order valence-electron chi connectivity index (χ0n) is 10.6. The van der Waals surface area contributed by atoms with Crippen molar-refractivity contribution in [2.24, 2.45) is 0 Å². The van der Waals surface area contributed by atoms with Crippen LogP contribution in [0.1, 0.15) is 23.0 Å². The van der Waals surface area contributed by atoms with Gasteiger partial charge in [0.2, 0.25) is 5.91 Å². The SMILES string of the molecule is O=C1NC[C@@H](c2ccccc2Cl)[C@@H]1c1ccccc1Cl. The van der Waals surface area contributed by atoms with E-state index in [0.29, 0.717) is 16.6 Å². The molecule has 1 saturated heterocycles. The largest absolute Gasteiger partial charge is 0.355 e. The molecule has 20 heavy (non-hydrogen) atoms. The Labute approximate surface area is 127 Å². The van der Waals surface area contributed by atoms with Crippen molar-refractivity contribution in [3.05, 3.63) is 69.7 Å². The van der Waals surface area contributed by atoms with E-state index < -0.39 is 0 Å². The standard InChI is InChI=1S/C16H13Cl2NO/c17-13-7-3-1-5-10(13)12-9-19-16(20)15(12)11-6-2-4-8-14(11)18/h1-8,12,15H,9H2,(H,19,20)/t12-,15-/m0/s1. The minimum Gasteiger partial charge on any atom is -0.355 e. The number of halogens is 2. The van der Waals surface area contributed by atoms with Crippen molar-refractivity contribution in [1.29, 1.82) is 0 Å². The topological polar surface area (TPSA) is 29.1 Å². The van der Waals surface area contributed by atoms with Crippen LogP contribution in [0.4, 0.5) is 0 Å². The molecule has 2 aromatic carbocycles. The number of rotatable bonds is 2. The molecule has 2 aromatic rings. The molecule has 0 aliphatic carbocycles. The van der Waals surface area contributed by atoms with E-state index >= 15 is 0 Å². The highest BCUT2D eigenvalue weighted by Crippen LogP contribution is 2.41. The van der Waals surface area contributed by atoms with Gasteiger partial charge in [-0.1, -0.05) is 59.6 Å². The van der Waals surface area contributed by atoms with Gasteiger partial charge >= 0.3 is 0 Å². The van der Waals surface area contributed by atoms with E-state index in [1.807, 2.05) is 48.5 Å².